The van der Waals surface area contributed by atoms with Crippen molar-refractivity contribution < 1.29 is 9.15 Å². The maximum atomic E-state index is 6.07. The molecule has 2 rings (SSSR count). The minimum absolute atomic E-state index is 0.328. The second-order valence-electron chi connectivity index (χ2n) is 3.52. The molecule has 0 amide bonds. The molecule has 2 heterocycles. The molecule has 2 N–H and O–H groups in total. The maximum absolute atomic E-state index is 6.07. The van der Waals surface area contributed by atoms with E-state index in [4.69, 9.17) is 26.5 Å². The summed E-state index contributed by atoms with van der Waals surface area (Å²) in [6, 6.07) is 1.86. The summed E-state index contributed by atoms with van der Waals surface area (Å²) < 4.78 is 10.9. The minimum Gasteiger partial charge on any atom is -0.464 e. The fourth-order valence-corrected chi connectivity index (χ4v) is 2.03. The monoisotopic (exact) mass is 215 g/mol. The molecule has 0 radical (unpaired) electrons. The van der Waals surface area contributed by atoms with Gasteiger partial charge in [-0.25, -0.2) is 0 Å². The summed E-state index contributed by atoms with van der Waals surface area (Å²) in [5, 5.41) is 0.712. The van der Waals surface area contributed by atoms with Crippen LogP contribution in [0.4, 0.5) is 0 Å². The second kappa shape index (κ2) is 4.34. The molecule has 0 aliphatic carbocycles. The Bertz CT molecular complexity index is 305. The van der Waals surface area contributed by atoms with Gasteiger partial charge in [-0.15, -0.1) is 0 Å². The van der Waals surface area contributed by atoms with E-state index in [9.17, 15) is 0 Å². The van der Waals surface area contributed by atoms with E-state index in [1.165, 1.54) is 0 Å². The topological polar surface area (TPSA) is 48.4 Å². The Balaban J connectivity index is 2.15. The van der Waals surface area contributed by atoms with Gasteiger partial charge in [0.25, 0.3) is 0 Å². The predicted molar refractivity (Wildman–Crippen MR) is 54.7 cm³/mol. The summed E-state index contributed by atoms with van der Waals surface area (Å²) in [5.41, 5.74) is 5.45. The number of ether oxygens (including phenoxy) is 1. The van der Waals surface area contributed by atoms with Gasteiger partial charge in [-0.05, 0) is 19.0 Å². The van der Waals surface area contributed by atoms with E-state index in [1.54, 1.807) is 0 Å². The molecule has 14 heavy (non-hydrogen) atoms. The van der Waals surface area contributed by atoms with E-state index in [1.807, 2.05) is 6.07 Å². The Morgan fingerprint density at radius 2 is 2.43 bits per heavy atom. The lowest BCUT2D eigenvalue weighted by Gasteiger charge is -2.03. The Hall–Kier alpha value is -0.510. The number of hydrogen-bond acceptors (Lipinski definition) is 3. The quantitative estimate of drug-likeness (QED) is 0.839. The zero-order chi connectivity index (χ0) is 9.97. The van der Waals surface area contributed by atoms with Gasteiger partial charge in [-0.2, -0.15) is 0 Å². The molecule has 0 bridgehead atoms. The Morgan fingerprint density at radius 1 is 1.57 bits per heavy atom. The van der Waals surface area contributed by atoms with Gasteiger partial charge in [0.1, 0.15) is 11.5 Å². The normalized spacial score (nSPS) is 21.7. The van der Waals surface area contributed by atoms with Crippen LogP contribution in [-0.4, -0.2) is 19.8 Å². The largest absolute Gasteiger partial charge is 0.464 e. The van der Waals surface area contributed by atoms with Crippen molar-refractivity contribution in [3.05, 3.63) is 22.6 Å². The molecule has 1 atom stereocenters. The molecular weight excluding hydrogens is 202 g/mol. The number of hydrogen-bond donors (Lipinski definition) is 1. The maximum Gasteiger partial charge on any atom is 0.128 e. The second-order valence-corrected chi connectivity index (χ2v) is 3.93. The van der Waals surface area contributed by atoms with Crippen LogP contribution in [0.2, 0.25) is 5.02 Å². The Labute approximate surface area is 88.2 Å². The lowest BCUT2D eigenvalue weighted by Crippen LogP contribution is -2.01. The molecule has 1 aliphatic heterocycles. The molecule has 3 nitrogen and oxygen atoms in total. The van der Waals surface area contributed by atoms with Crippen LogP contribution in [0.1, 0.15) is 23.9 Å². The Kier molecular flexibility index (Phi) is 3.11. The van der Waals surface area contributed by atoms with Crippen molar-refractivity contribution in [1.29, 1.82) is 0 Å². The van der Waals surface area contributed by atoms with E-state index in [-0.39, 0.29) is 0 Å². The molecule has 1 aromatic rings. The summed E-state index contributed by atoms with van der Waals surface area (Å²) in [6.45, 7) is 2.10. The van der Waals surface area contributed by atoms with Gasteiger partial charge in [-0.1, -0.05) is 11.6 Å². The summed E-state index contributed by atoms with van der Waals surface area (Å²) in [4.78, 5) is 0. The van der Waals surface area contributed by atoms with Gasteiger partial charge < -0.3 is 14.9 Å². The van der Waals surface area contributed by atoms with Crippen molar-refractivity contribution in [2.75, 3.05) is 19.8 Å². The van der Waals surface area contributed by atoms with E-state index in [2.05, 4.69) is 0 Å². The number of furan rings is 1. The van der Waals surface area contributed by atoms with Gasteiger partial charge in [0.15, 0.2) is 0 Å². The third-order valence-corrected chi connectivity index (χ3v) is 2.75. The van der Waals surface area contributed by atoms with Crippen molar-refractivity contribution in [2.45, 2.75) is 18.8 Å². The average Bonchev–Trinajstić information content (AvgIpc) is 2.74. The molecule has 1 saturated heterocycles. The van der Waals surface area contributed by atoms with Crippen LogP contribution in [0.15, 0.2) is 10.5 Å². The van der Waals surface area contributed by atoms with Crippen LogP contribution < -0.4 is 5.73 Å². The predicted octanol–water partition coefficient (Wildman–Crippen LogP) is 1.94. The molecule has 1 unspecified atom stereocenters. The zero-order valence-electron chi connectivity index (χ0n) is 7.96. The molecule has 1 aliphatic rings. The van der Waals surface area contributed by atoms with Crippen LogP contribution in [0.3, 0.4) is 0 Å². The highest BCUT2D eigenvalue weighted by Crippen LogP contribution is 2.33. The number of halogens is 1. The molecule has 4 heteroatoms. The van der Waals surface area contributed by atoms with Crippen LogP contribution in [0.5, 0.6) is 0 Å². The lowest BCUT2D eigenvalue weighted by molar-refractivity contribution is 0.191. The lowest BCUT2D eigenvalue weighted by atomic mass is 10.1. The SMILES string of the molecule is NCCc1cc(Cl)c(C2CCOC2)o1. The van der Waals surface area contributed by atoms with Gasteiger partial charge in [0, 0.05) is 18.9 Å². The highest BCUT2D eigenvalue weighted by molar-refractivity contribution is 6.31. The first kappa shape index (κ1) is 10.0. The Morgan fingerprint density at radius 3 is 3.07 bits per heavy atom. The van der Waals surface area contributed by atoms with Crippen LogP contribution in [0.25, 0.3) is 0 Å². The third kappa shape index (κ3) is 1.95. The fourth-order valence-electron chi connectivity index (χ4n) is 1.72. The van der Waals surface area contributed by atoms with Crippen LogP contribution in [0, 0.1) is 0 Å². The van der Waals surface area contributed by atoms with E-state index in [0.29, 0.717) is 17.5 Å². The van der Waals surface area contributed by atoms with Crippen molar-refractivity contribution in [2.24, 2.45) is 5.73 Å². The van der Waals surface area contributed by atoms with E-state index in [0.717, 1.165) is 37.6 Å². The first-order valence-electron chi connectivity index (χ1n) is 4.87. The van der Waals surface area contributed by atoms with Crippen molar-refractivity contribution >= 4 is 11.6 Å². The highest BCUT2D eigenvalue weighted by atomic mass is 35.5. The number of nitrogens with two attached hydrogens (primary N) is 1. The molecular formula is C10H14ClNO2. The summed E-state index contributed by atoms with van der Waals surface area (Å²) in [5.74, 6) is 2.07. The fraction of sp³-hybridized carbons (Fsp3) is 0.600. The molecule has 0 aromatic carbocycles. The first-order chi connectivity index (χ1) is 6.81. The third-order valence-electron chi connectivity index (χ3n) is 2.46. The van der Waals surface area contributed by atoms with E-state index < -0.39 is 0 Å². The summed E-state index contributed by atoms with van der Waals surface area (Å²) >= 11 is 6.07. The molecule has 1 fully saturated rings. The van der Waals surface area contributed by atoms with Gasteiger partial charge in [-0.3, -0.25) is 0 Å². The van der Waals surface area contributed by atoms with Crippen molar-refractivity contribution in [3.8, 4) is 0 Å². The van der Waals surface area contributed by atoms with E-state index >= 15 is 0 Å². The summed E-state index contributed by atoms with van der Waals surface area (Å²) in [7, 11) is 0. The standard InChI is InChI=1S/C10H14ClNO2/c11-9-5-8(1-3-12)14-10(9)7-2-4-13-6-7/h5,7H,1-4,6,12H2. The van der Waals surface area contributed by atoms with Crippen LogP contribution >= 0.6 is 11.6 Å². The van der Waals surface area contributed by atoms with Crippen molar-refractivity contribution in [1.82, 2.24) is 0 Å². The van der Waals surface area contributed by atoms with Gasteiger partial charge in [0.05, 0.1) is 11.6 Å². The molecule has 78 valence electrons. The van der Waals surface area contributed by atoms with Gasteiger partial charge >= 0.3 is 0 Å². The smallest absolute Gasteiger partial charge is 0.128 e. The van der Waals surface area contributed by atoms with Crippen LogP contribution in [-0.2, 0) is 11.2 Å². The zero-order valence-corrected chi connectivity index (χ0v) is 8.72. The molecule has 1 aromatic heterocycles. The average molecular weight is 216 g/mol. The molecule has 0 saturated carbocycles. The van der Waals surface area contributed by atoms with Gasteiger partial charge in [0.2, 0.25) is 0 Å². The minimum atomic E-state index is 0.328. The number of rotatable bonds is 3. The summed E-state index contributed by atoms with van der Waals surface area (Å²) in [6.07, 6.45) is 1.74. The highest BCUT2D eigenvalue weighted by Gasteiger charge is 2.24. The van der Waals surface area contributed by atoms with Crippen molar-refractivity contribution in [3.63, 3.8) is 0 Å². The first-order valence-corrected chi connectivity index (χ1v) is 5.25. The molecule has 0 spiro atoms.